The van der Waals surface area contributed by atoms with Crippen molar-refractivity contribution in [1.29, 1.82) is 0 Å². The Balaban J connectivity index is 3.57. The van der Waals surface area contributed by atoms with Crippen molar-refractivity contribution in [2.45, 2.75) is 0 Å². The van der Waals surface area contributed by atoms with Gasteiger partial charge in [-0.3, -0.25) is 0 Å². The highest BCUT2D eigenvalue weighted by atomic mass is 31.1. The van der Waals surface area contributed by atoms with E-state index in [0.717, 1.165) is 6.54 Å². The fourth-order valence-corrected chi connectivity index (χ4v) is 0.953. The van der Waals surface area contributed by atoms with Crippen LogP contribution in [0.15, 0.2) is 0 Å². The molecule has 0 N–H and O–H groups in total. The van der Waals surface area contributed by atoms with Crippen LogP contribution in [-0.4, -0.2) is 63.1 Å². The van der Waals surface area contributed by atoms with E-state index in [-0.39, 0.29) is 6.09 Å². The third-order valence-electron chi connectivity index (χ3n) is 1.53. The maximum atomic E-state index is 11.2. The number of ether oxygens (including phenoxy) is 1. The summed E-state index contributed by atoms with van der Waals surface area (Å²) in [7, 11) is 6.37. The Morgan fingerprint density at radius 1 is 1.31 bits per heavy atom. The van der Waals surface area contributed by atoms with E-state index in [1.807, 2.05) is 25.7 Å². The Morgan fingerprint density at radius 3 is 2.38 bits per heavy atom. The molecule has 4 nitrogen and oxygen atoms in total. The highest BCUT2D eigenvalue weighted by Crippen LogP contribution is 2.02. The van der Waals surface area contributed by atoms with Gasteiger partial charge in [0.1, 0.15) is 6.35 Å². The highest BCUT2D eigenvalue weighted by molar-refractivity contribution is 7.36. The number of rotatable bonds is 5. The largest absolute Gasteiger partial charge is 0.445 e. The summed E-state index contributed by atoms with van der Waals surface area (Å²) in [6, 6.07) is 0. The summed E-state index contributed by atoms with van der Waals surface area (Å²) in [6.07, 6.45) is 0.307. The summed E-state index contributed by atoms with van der Waals surface area (Å²) in [5, 5.41) is 0. The van der Waals surface area contributed by atoms with E-state index in [4.69, 9.17) is 4.74 Å². The molecule has 1 atom stereocenters. The second-order valence-corrected chi connectivity index (χ2v) is 4.13. The zero-order valence-corrected chi connectivity index (χ0v) is 9.83. The van der Waals surface area contributed by atoms with Gasteiger partial charge in [-0.25, -0.2) is 4.79 Å². The Bertz CT molecular complexity index is 153. The molecule has 0 aromatic carbocycles. The van der Waals surface area contributed by atoms with Crippen molar-refractivity contribution < 1.29 is 9.53 Å². The van der Waals surface area contributed by atoms with Crippen LogP contribution in [0.5, 0.6) is 0 Å². The van der Waals surface area contributed by atoms with Crippen LogP contribution >= 0.6 is 8.58 Å². The fraction of sp³-hybridized carbons (Fsp3) is 0.875. The molecule has 0 radical (unpaired) electrons. The number of likely N-dealkylation sites (N-methyl/N-ethyl adjacent to an activating group) is 2. The van der Waals surface area contributed by atoms with E-state index in [9.17, 15) is 4.79 Å². The van der Waals surface area contributed by atoms with Crippen LogP contribution in [0.2, 0.25) is 0 Å². The number of hydrogen-bond donors (Lipinski definition) is 0. The number of hydrogen-bond acceptors (Lipinski definition) is 3. The first-order valence-electron chi connectivity index (χ1n) is 4.25. The van der Waals surface area contributed by atoms with Gasteiger partial charge in [0.2, 0.25) is 0 Å². The van der Waals surface area contributed by atoms with Crippen LogP contribution in [0.1, 0.15) is 0 Å². The normalized spacial score (nSPS) is 11.2. The molecular formula is C8H19N2O2P. The second kappa shape index (κ2) is 7.10. The monoisotopic (exact) mass is 206 g/mol. The molecule has 0 spiro atoms. The summed E-state index contributed by atoms with van der Waals surface area (Å²) < 4.78 is 4.97. The minimum absolute atomic E-state index is 0.226. The van der Waals surface area contributed by atoms with Gasteiger partial charge in [0.25, 0.3) is 0 Å². The molecule has 0 aliphatic heterocycles. The van der Waals surface area contributed by atoms with Crippen LogP contribution in [0, 0.1) is 0 Å². The average Bonchev–Trinajstić information content (AvgIpc) is 2.10. The second-order valence-electron chi connectivity index (χ2n) is 3.13. The van der Waals surface area contributed by atoms with Gasteiger partial charge in [0.15, 0.2) is 0 Å². The zero-order valence-electron chi connectivity index (χ0n) is 8.83. The minimum Gasteiger partial charge on any atom is -0.445 e. The van der Waals surface area contributed by atoms with E-state index in [1.165, 1.54) is 0 Å². The summed E-state index contributed by atoms with van der Waals surface area (Å²) in [6.45, 7) is 3.58. The highest BCUT2D eigenvalue weighted by Gasteiger charge is 2.08. The lowest BCUT2D eigenvalue weighted by Gasteiger charge is -2.18. The summed E-state index contributed by atoms with van der Waals surface area (Å²) >= 11 is 0. The van der Waals surface area contributed by atoms with Gasteiger partial charge in [-0.05, 0) is 20.8 Å². The van der Waals surface area contributed by atoms with Crippen molar-refractivity contribution in [3.8, 4) is 0 Å². The van der Waals surface area contributed by atoms with Crippen molar-refractivity contribution in [3.05, 3.63) is 0 Å². The molecule has 0 aromatic heterocycles. The lowest BCUT2D eigenvalue weighted by Crippen LogP contribution is -2.33. The van der Waals surface area contributed by atoms with E-state index in [1.54, 1.807) is 11.9 Å². The molecule has 13 heavy (non-hydrogen) atoms. The summed E-state index contributed by atoms with van der Waals surface area (Å²) in [4.78, 5) is 14.8. The molecule has 0 aromatic rings. The molecule has 1 amide bonds. The first kappa shape index (κ1) is 12.7. The van der Waals surface area contributed by atoms with Crippen LogP contribution in [0.4, 0.5) is 4.79 Å². The van der Waals surface area contributed by atoms with Crippen molar-refractivity contribution in [2.24, 2.45) is 0 Å². The third-order valence-corrected chi connectivity index (χ3v) is 1.97. The molecule has 78 valence electrons. The van der Waals surface area contributed by atoms with Gasteiger partial charge < -0.3 is 14.5 Å². The van der Waals surface area contributed by atoms with E-state index < -0.39 is 0 Å². The minimum atomic E-state index is -0.226. The van der Waals surface area contributed by atoms with Gasteiger partial charge in [-0.1, -0.05) is 8.58 Å². The standard InChI is InChI=1S/C8H19N2O2P/c1-9(2)5-6-10(3)8(11)12-7-13-4/h13H,5-7H2,1-4H3. The van der Waals surface area contributed by atoms with E-state index >= 15 is 0 Å². The van der Waals surface area contributed by atoms with Gasteiger partial charge in [-0.2, -0.15) is 0 Å². The van der Waals surface area contributed by atoms with E-state index in [2.05, 4.69) is 0 Å². The Morgan fingerprint density at radius 2 is 1.92 bits per heavy atom. The average molecular weight is 206 g/mol. The van der Waals surface area contributed by atoms with Crippen molar-refractivity contribution >= 4 is 14.7 Å². The van der Waals surface area contributed by atoms with Crippen LogP contribution in [0.25, 0.3) is 0 Å². The SMILES string of the molecule is CPCOC(=O)N(C)CCN(C)C. The van der Waals surface area contributed by atoms with Crippen molar-refractivity contribution in [1.82, 2.24) is 9.80 Å². The van der Waals surface area contributed by atoms with Crippen LogP contribution in [0.3, 0.4) is 0 Å². The van der Waals surface area contributed by atoms with Gasteiger partial charge in [0, 0.05) is 20.1 Å². The third kappa shape index (κ3) is 6.79. The molecule has 0 saturated heterocycles. The molecule has 5 heteroatoms. The number of carbonyl (C=O) groups excluding carboxylic acids is 1. The molecule has 1 unspecified atom stereocenters. The molecule has 0 heterocycles. The fourth-order valence-electron chi connectivity index (χ4n) is 0.685. The Labute approximate surface area is 82.0 Å². The first-order chi connectivity index (χ1) is 6.07. The quantitative estimate of drug-likeness (QED) is 0.626. The maximum Gasteiger partial charge on any atom is 0.409 e. The van der Waals surface area contributed by atoms with Gasteiger partial charge >= 0.3 is 6.09 Å². The summed E-state index contributed by atoms with van der Waals surface area (Å²) in [5.41, 5.74) is 0. The zero-order chi connectivity index (χ0) is 10.3. The van der Waals surface area contributed by atoms with E-state index in [0.29, 0.717) is 21.5 Å². The first-order valence-corrected chi connectivity index (χ1v) is 5.96. The molecule has 0 aliphatic rings. The predicted octanol–water partition coefficient (Wildman–Crippen LogP) is 0.882. The van der Waals surface area contributed by atoms with Crippen molar-refractivity contribution in [3.63, 3.8) is 0 Å². The number of amides is 1. The Kier molecular flexibility index (Phi) is 6.92. The van der Waals surface area contributed by atoms with Crippen molar-refractivity contribution in [2.75, 3.05) is 47.2 Å². The number of nitrogens with zero attached hydrogens (tertiary/aromatic N) is 2. The summed E-state index contributed by atoms with van der Waals surface area (Å²) in [5.74, 6) is 0. The van der Waals surface area contributed by atoms with Crippen LogP contribution < -0.4 is 0 Å². The van der Waals surface area contributed by atoms with Gasteiger partial charge in [0.05, 0.1) is 0 Å². The molecule has 0 rings (SSSR count). The lowest BCUT2D eigenvalue weighted by atomic mass is 10.5. The molecule has 0 bridgehead atoms. The molecule has 0 fully saturated rings. The molecule has 0 saturated carbocycles. The van der Waals surface area contributed by atoms with Gasteiger partial charge in [-0.15, -0.1) is 0 Å². The molecule has 0 aliphatic carbocycles. The smallest absolute Gasteiger partial charge is 0.409 e. The Hall–Kier alpha value is -0.340. The molecular weight excluding hydrogens is 187 g/mol. The number of carbonyl (C=O) groups is 1. The maximum absolute atomic E-state index is 11.2. The van der Waals surface area contributed by atoms with Crippen LogP contribution in [-0.2, 0) is 4.74 Å². The predicted molar refractivity (Wildman–Crippen MR) is 56.8 cm³/mol. The lowest BCUT2D eigenvalue weighted by molar-refractivity contribution is 0.125. The topological polar surface area (TPSA) is 32.8 Å².